The zero-order valence-electron chi connectivity index (χ0n) is 15.5. The van der Waals surface area contributed by atoms with Gasteiger partial charge in [-0.05, 0) is 30.7 Å². The quantitative estimate of drug-likeness (QED) is 0.519. The lowest BCUT2D eigenvalue weighted by molar-refractivity contribution is 0.0980. The Hall–Kier alpha value is -3.12. The fraction of sp³-hybridized carbons (Fsp3) is 0.182. The molecule has 3 heterocycles. The third-order valence-electron chi connectivity index (χ3n) is 4.97. The van der Waals surface area contributed by atoms with E-state index in [1.807, 2.05) is 65.0 Å². The lowest BCUT2D eigenvalue weighted by Gasteiger charge is -2.29. The summed E-state index contributed by atoms with van der Waals surface area (Å²) in [6, 6.07) is 19.9. The number of nitrogens with zero attached hydrogens (tertiary/aromatic N) is 3. The molecule has 0 N–H and O–H groups in total. The van der Waals surface area contributed by atoms with Crippen LogP contribution in [0.1, 0.15) is 20.9 Å². The minimum atomic E-state index is 0.0163. The van der Waals surface area contributed by atoms with Gasteiger partial charge in [0.05, 0.1) is 29.3 Å². The molecule has 5 nitrogen and oxygen atoms in total. The molecule has 140 valence electrons. The summed E-state index contributed by atoms with van der Waals surface area (Å²) in [7, 11) is 0. The van der Waals surface area contributed by atoms with Crippen LogP contribution in [0.3, 0.4) is 0 Å². The van der Waals surface area contributed by atoms with Crippen molar-refractivity contribution in [3.63, 3.8) is 0 Å². The third-order valence-corrected chi connectivity index (χ3v) is 6.10. The highest BCUT2D eigenvalue weighted by Gasteiger charge is 2.26. The molecule has 28 heavy (non-hydrogen) atoms. The van der Waals surface area contributed by atoms with Crippen molar-refractivity contribution in [2.45, 2.75) is 13.5 Å². The second-order valence-electron chi connectivity index (χ2n) is 6.83. The number of anilines is 1. The van der Waals surface area contributed by atoms with Crippen LogP contribution >= 0.6 is 11.3 Å². The van der Waals surface area contributed by atoms with E-state index in [1.54, 1.807) is 0 Å². The molecule has 6 heteroatoms. The van der Waals surface area contributed by atoms with Gasteiger partial charge in [0, 0.05) is 5.39 Å². The summed E-state index contributed by atoms with van der Waals surface area (Å²) in [6.07, 6.45) is 0. The van der Waals surface area contributed by atoms with Gasteiger partial charge >= 0.3 is 0 Å². The molecular formula is C22H19N3O2S. The molecule has 0 aliphatic carbocycles. The number of fused-ring (bicyclic) bond motifs is 2. The van der Waals surface area contributed by atoms with Gasteiger partial charge in [-0.25, -0.2) is 0 Å². The van der Waals surface area contributed by atoms with Crippen LogP contribution in [-0.2, 0) is 6.54 Å². The Labute approximate surface area is 166 Å². The molecule has 0 saturated heterocycles. The maximum atomic E-state index is 13.3. The van der Waals surface area contributed by atoms with E-state index in [0.29, 0.717) is 19.7 Å². The van der Waals surface area contributed by atoms with E-state index < -0.39 is 0 Å². The van der Waals surface area contributed by atoms with Crippen LogP contribution in [0.2, 0.25) is 0 Å². The molecule has 4 aromatic rings. The molecule has 5 rings (SSSR count). The Morgan fingerprint density at radius 1 is 1.14 bits per heavy atom. The number of hydrogen-bond acceptors (Lipinski definition) is 4. The number of carbonyl (C=O) groups excluding carboxylic acids is 1. The zero-order valence-corrected chi connectivity index (χ0v) is 16.3. The monoisotopic (exact) mass is 389 g/mol. The van der Waals surface area contributed by atoms with Crippen LogP contribution in [0.4, 0.5) is 5.69 Å². The van der Waals surface area contributed by atoms with Crippen LogP contribution in [0.15, 0.2) is 60.7 Å². The molecule has 0 saturated carbocycles. The average Bonchev–Trinajstić information content (AvgIpc) is 3.29. The van der Waals surface area contributed by atoms with Crippen molar-refractivity contribution in [3.8, 4) is 5.75 Å². The molecule has 1 aliphatic heterocycles. The van der Waals surface area contributed by atoms with Gasteiger partial charge in [-0.2, -0.15) is 5.10 Å². The van der Waals surface area contributed by atoms with Crippen LogP contribution in [-0.4, -0.2) is 28.8 Å². The van der Waals surface area contributed by atoms with E-state index in [9.17, 15) is 4.79 Å². The first-order valence-electron chi connectivity index (χ1n) is 9.25. The largest absolute Gasteiger partial charge is 0.490 e. The fourth-order valence-corrected chi connectivity index (χ4v) is 4.71. The van der Waals surface area contributed by atoms with Crippen LogP contribution < -0.4 is 9.64 Å². The van der Waals surface area contributed by atoms with Gasteiger partial charge in [-0.1, -0.05) is 42.5 Å². The Kier molecular flexibility index (Phi) is 4.13. The Morgan fingerprint density at radius 3 is 2.79 bits per heavy atom. The zero-order chi connectivity index (χ0) is 19.1. The second kappa shape index (κ2) is 6.80. The predicted molar refractivity (Wildman–Crippen MR) is 112 cm³/mol. The average molecular weight is 389 g/mol. The molecule has 0 radical (unpaired) electrons. The smallest absolute Gasteiger partial charge is 0.268 e. The van der Waals surface area contributed by atoms with Crippen LogP contribution in [0, 0.1) is 6.92 Å². The van der Waals surface area contributed by atoms with Gasteiger partial charge in [-0.3, -0.25) is 9.48 Å². The number of benzene rings is 2. The summed E-state index contributed by atoms with van der Waals surface area (Å²) in [5, 5.41) is 5.72. The fourth-order valence-electron chi connectivity index (χ4n) is 3.60. The lowest BCUT2D eigenvalue weighted by Crippen LogP contribution is -2.37. The van der Waals surface area contributed by atoms with Crippen LogP contribution in [0.5, 0.6) is 5.75 Å². The molecule has 2 aromatic heterocycles. The second-order valence-corrected chi connectivity index (χ2v) is 7.86. The number of thiophene rings is 1. The number of aromatic nitrogens is 2. The molecule has 0 bridgehead atoms. The minimum absolute atomic E-state index is 0.0163. The number of ether oxygens (including phenoxy) is 1. The van der Waals surface area contributed by atoms with Gasteiger partial charge < -0.3 is 9.64 Å². The molecule has 1 aliphatic rings. The standard InChI is InChI=1S/C22H19N3O2S/c1-15-17-13-20(21(26)24-11-12-27-19-10-6-5-9-18(19)24)28-22(17)25(23-15)14-16-7-3-2-4-8-16/h2-10,13H,11-12,14H2,1H3. The van der Waals surface area contributed by atoms with E-state index in [2.05, 4.69) is 17.2 Å². The summed E-state index contributed by atoms with van der Waals surface area (Å²) >= 11 is 1.51. The van der Waals surface area contributed by atoms with Crippen molar-refractivity contribution >= 4 is 33.1 Å². The van der Waals surface area contributed by atoms with Gasteiger partial charge in [0.25, 0.3) is 5.91 Å². The summed E-state index contributed by atoms with van der Waals surface area (Å²) < 4.78 is 7.68. The SMILES string of the molecule is Cc1nn(Cc2ccccc2)c2sc(C(=O)N3CCOc4ccccc43)cc12. The topological polar surface area (TPSA) is 47.4 Å². The molecule has 1 amide bonds. The number of hydrogen-bond donors (Lipinski definition) is 0. The van der Waals surface area contributed by atoms with E-state index in [0.717, 1.165) is 32.2 Å². The highest BCUT2D eigenvalue weighted by molar-refractivity contribution is 7.20. The maximum absolute atomic E-state index is 13.3. The van der Waals surface area contributed by atoms with E-state index >= 15 is 0 Å². The summed E-state index contributed by atoms with van der Waals surface area (Å²) in [5.41, 5.74) is 2.97. The third kappa shape index (κ3) is 2.86. The highest BCUT2D eigenvalue weighted by Crippen LogP contribution is 2.35. The van der Waals surface area contributed by atoms with E-state index in [-0.39, 0.29) is 5.91 Å². The highest BCUT2D eigenvalue weighted by atomic mass is 32.1. The van der Waals surface area contributed by atoms with Gasteiger partial charge in [0.2, 0.25) is 0 Å². The summed E-state index contributed by atoms with van der Waals surface area (Å²) in [6.45, 7) is 3.75. The van der Waals surface area contributed by atoms with Crippen molar-refractivity contribution in [1.82, 2.24) is 9.78 Å². The number of carbonyl (C=O) groups is 1. The van der Waals surface area contributed by atoms with E-state index in [1.165, 1.54) is 16.9 Å². The van der Waals surface area contributed by atoms with Crippen LogP contribution in [0.25, 0.3) is 10.2 Å². The van der Waals surface area contributed by atoms with Gasteiger partial charge in [0.1, 0.15) is 17.2 Å². The summed E-state index contributed by atoms with van der Waals surface area (Å²) in [5.74, 6) is 0.775. The van der Waals surface area contributed by atoms with Crippen molar-refractivity contribution in [3.05, 3.63) is 76.8 Å². The molecule has 0 atom stereocenters. The number of aryl methyl sites for hydroxylation is 1. The first-order valence-corrected chi connectivity index (χ1v) is 10.1. The van der Waals surface area contributed by atoms with Crippen molar-refractivity contribution < 1.29 is 9.53 Å². The maximum Gasteiger partial charge on any atom is 0.268 e. The first kappa shape index (κ1) is 17.0. The van der Waals surface area contributed by atoms with Crippen molar-refractivity contribution in [2.24, 2.45) is 0 Å². The summed E-state index contributed by atoms with van der Waals surface area (Å²) in [4.78, 5) is 16.8. The molecule has 0 fully saturated rings. The molecule has 0 unspecified atom stereocenters. The van der Waals surface area contributed by atoms with Crippen molar-refractivity contribution in [1.29, 1.82) is 0 Å². The number of amides is 1. The molecule has 2 aromatic carbocycles. The van der Waals surface area contributed by atoms with E-state index in [4.69, 9.17) is 4.74 Å². The molecule has 0 spiro atoms. The number of rotatable bonds is 3. The van der Waals surface area contributed by atoms with Gasteiger partial charge in [-0.15, -0.1) is 11.3 Å². The Balaban J connectivity index is 1.51. The Bertz CT molecular complexity index is 1160. The predicted octanol–water partition coefficient (Wildman–Crippen LogP) is 4.49. The Morgan fingerprint density at radius 2 is 1.93 bits per heavy atom. The number of para-hydroxylation sites is 2. The first-order chi connectivity index (χ1) is 13.7. The normalized spacial score (nSPS) is 13.4. The minimum Gasteiger partial charge on any atom is -0.490 e. The van der Waals surface area contributed by atoms with Crippen molar-refractivity contribution in [2.75, 3.05) is 18.1 Å². The van der Waals surface area contributed by atoms with Gasteiger partial charge in [0.15, 0.2) is 0 Å². The molecular weight excluding hydrogens is 370 g/mol. The lowest BCUT2D eigenvalue weighted by atomic mass is 10.2.